The van der Waals surface area contributed by atoms with E-state index in [1.807, 2.05) is 0 Å². The van der Waals surface area contributed by atoms with Crippen molar-refractivity contribution in [3.63, 3.8) is 0 Å². The fourth-order valence-corrected chi connectivity index (χ4v) is 1.76. The molecule has 1 fully saturated rings. The average molecular weight is 141 g/mol. The van der Waals surface area contributed by atoms with Crippen molar-refractivity contribution in [2.75, 3.05) is 6.54 Å². The van der Waals surface area contributed by atoms with Gasteiger partial charge in [-0.05, 0) is 36.6 Å². The zero-order valence-corrected chi connectivity index (χ0v) is 7.30. The number of hydrogen-bond donors (Lipinski definition) is 1. The van der Waals surface area contributed by atoms with Crippen molar-refractivity contribution in [2.45, 2.75) is 27.2 Å². The van der Waals surface area contributed by atoms with Gasteiger partial charge < -0.3 is 5.73 Å². The molecule has 2 N–H and O–H groups in total. The molecule has 0 aromatic carbocycles. The molecule has 0 spiro atoms. The maximum atomic E-state index is 5.54. The normalized spacial score (nSPS) is 41.4. The lowest BCUT2D eigenvalue weighted by Crippen LogP contribution is -2.11. The van der Waals surface area contributed by atoms with Gasteiger partial charge in [0.05, 0.1) is 0 Å². The lowest BCUT2D eigenvalue weighted by atomic mass is 10.0. The minimum absolute atomic E-state index is 0.734. The summed E-state index contributed by atoms with van der Waals surface area (Å²) < 4.78 is 0. The van der Waals surface area contributed by atoms with Crippen LogP contribution in [0.2, 0.25) is 0 Å². The molecule has 1 aliphatic rings. The highest BCUT2D eigenvalue weighted by atomic mass is 14.6. The van der Waals surface area contributed by atoms with Gasteiger partial charge in [-0.2, -0.15) is 0 Å². The molecule has 1 nitrogen and oxygen atoms in total. The van der Waals surface area contributed by atoms with Crippen LogP contribution >= 0.6 is 0 Å². The molecule has 0 amide bonds. The van der Waals surface area contributed by atoms with Crippen molar-refractivity contribution in [1.29, 1.82) is 0 Å². The third kappa shape index (κ3) is 1.51. The molecule has 0 aromatic rings. The maximum Gasteiger partial charge on any atom is -0.00514 e. The summed E-state index contributed by atoms with van der Waals surface area (Å²) in [7, 11) is 0. The first kappa shape index (κ1) is 8.06. The van der Waals surface area contributed by atoms with E-state index in [-0.39, 0.29) is 0 Å². The Bertz CT molecular complexity index is 103. The SMILES string of the molecule is CC1C(C)C1C[C@H](C)CN. The molecule has 1 aliphatic carbocycles. The van der Waals surface area contributed by atoms with E-state index in [9.17, 15) is 0 Å². The summed E-state index contributed by atoms with van der Waals surface area (Å²) in [6, 6.07) is 0. The Morgan fingerprint density at radius 1 is 1.30 bits per heavy atom. The van der Waals surface area contributed by atoms with Gasteiger partial charge in [0.2, 0.25) is 0 Å². The van der Waals surface area contributed by atoms with E-state index in [4.69, 9.17) is 5.73 Å². The van der Waals surface area contributed by atoms with Crippen LogP contribution in [0.3, 0.4) is 0 Å². The lowest BCUT2D eigenvalue weighted by Gasteiger charge is -2.05. The van der Waals surface area contributed by atoms with Crippen molar-refractivity contribution in [3.05, 3.63) is 0 Å². The molecule has 2 unspecified atom stereocenters. The summed E-state index contributed by atoms with van der Waals surface area (Å²) in [5.41, 5.74) is 5.54. The Hall–Kier alpha value is -0.0400. The molecule has 1 heteroatoms. The predicted octanol–water partition coefficient (Wildman–Crippen LogP) is 1.87. The van der Waals surface area contributed by atoms with Crippen LogP contribution in [0.4, 0.5) is 0 Å². The first-order chi connectivity index (χ1) is 4.66. The Morgan fingerprint density at radius 3 is 2.10 bits per heavy atom. The molecule has 0 heterocycles. The van der Waals surface area contributed by atoms with E-state index in [2.05, 4.69) is 20.8 Å². The van der Waals surface area contributed by atoms with Crippen LogP contribution in [0, 0.1) is 23.7 Å². The first-order valence-electron chi connectivity index (χ1n) is 4.37. The third-order valence-corrected chi connectivity index (χ3v) is 3.12. The van der Waals surface area contributed by atoms with Gasteiger partial charge in [0, 0.05) is 0 Å². The van der Waals surface area contributed by atoms with E-state index in [1.54, 1.807) is 0 Å². The van der Waals surface area contributed by atoms with Crippen LogP contribution in [0.25, 0.3) is 0 Å². The minimum Gasteiger partial charge on any atom is -0.330 e. The van der Waals surface area contributed by atoms with E-state index in [0.29, 0.717) is 0 Å². The summed E-state index contributed by atoms with van der Waals surface area (Å²) >= 11 is 0. The molecular formula is C9H19N. The second-order valence-corrected chi connectivity index (χ2v) is 3.96. The molecule has 0 radical (unpaired) electrons. The lowest BCUT2D eigenvalue weighted by molar-refractivity contribution is 0.481. The van der Waals surface area contributed by atoms with Crippen LogP contribution in [0.1, 0.15) is 27.2 Å². The van der Waals surface area contributed by atoms with Crippen molar-refractivity contribution < 1.29 is 0 Å². The minimum atomic E-state index is 0.734. The Morgan fingerprint density at radius 2 is 1.80 bits per heavy atom. The molecule has 0 saturated heterocycles. The van der Waals surface area contributed by atoms with Crippen molar-refractivity contribution in [2.24, 2.45) is 29.4 Å². The van der Waals surface area contributed by atoms with Gasteiger partial charge in [0.15, 0.2) is 0 Å². The zero-order valence-electron chi connectivity index (χ0n) is 7.30. The Labute approximate surface area is 64.0 Å². The van der Waals surface area contributed by atoms with Gasteiger partial charge in [0.25, 0.3) is 0 Å². The Balaban J connectivity index is 2.16. The average Bonchev–Trinajstić information content (AvgIpc) is 2.45. The second kappa shape index (κ2) is 2.91. The second-order valence-electron chi connectivity index (χ2n) is 3.96. The number of rotatable bonds is 3. The third-order valence-electron chi connectivity index (χ3n) is 3.12. The van der Waals surface area contributed by atoms with E-state index in [0.717, 1.165) is 30.2 Å². The highest BCUT2D eigenvalue weighted by molar-refractivity contribution is 4.91. The topological polar surface area (TPSA) is 26.0 Å². The fourth-order valence-electron chi connectivity index (χ4n) is 1.76. The van der Waals surface area contributed by atoms with Gasteiger partial charge in [-0.3, -0.25) is 0 Å². The predicted molar refractivity (Wildman–Crippen MR) is 44.7 cm³/mol. The fraction of sp³-hybridized carbons (Fsp3) is 1.00. The smallest absolute Gasteiger partial charge is 0.00514 e. The summed E-state index contributed by atoms with van der Waals surface area (Å²) in [5, 5.41) is 0. The molecule has 60 valence electrons. The zero-order chi connectivity index (χ0) is 7.72. The highest BCUT2D eigenvalue weighted by Gasteiger charge is 2.42. The van der Waals surface area contributed by atoms with Gasteiger partial charge in [-0.15, -0.1) is 0 Å². The van der Waals surface area contributed by atoms with E-state index >= 15 is 0 Å². The molecule has 1 rings (SSSR count). The maximum absolute atomic E-state index is 5.54. The molecule has 0 aliphatic heterocycles. The largest absolute Gasteiger partial charge is 0.330 e. The summed E-state index contributed by atoms with van der Waals surface area (Å²) in [6.07, 6.45) is 1.35. The van der Waals surface area contributed by atoms with Gasteiger partial charge in [0.1, 0.15) is 0 Å². The van der Waals surface area contributed by atoms with Crippen LogP contribution in [-0.2, 0) is 0 Å². The molecular weight excluding hydrogens is 122 g/mol. The highest BCUT2D eigenvalue weighted by Crippen LogP contribution is 2.48. The first-order valence-corrected chi connectivity index (χ1v) is 4.37. The standard InChI is InChI=1S/C9H19N/c1-6(5-10)4-9-7(2)8(9)3/h6-9H,4-5,10H2,1-3H3/t6-,7?,8?,9?/m0/s1. The van der Waals surface area contributed by atoms with Crippen molar-refractivity contribution in [1.82, 2.24) is 0 Å². The summed E-state index contributed by atoms with van der Waals surface area (Å²) in [6.45, 7) is 7.80. The molecule has 0 aromatic heterocycles. The molecule has 1 saturated carbocycles. The number of nitrogens with two attached hydrogens (primary N) is 1. The summed E-state index contributed by atoms with van der Waals surface area (Å²) in [4.78, 5) is 0. The molecule has 3 atom stereocenters. The summed E-state index contributed by atoms with van der Waals surface area (Å²) in [5.74, 6) is 3.65. The van der Waals surface area contributed by atoms with Crippen LogP contribution < -0.4 is 5.73 Å². The van der Waals surface area contributed by atoms with Crippen LogP contribution in [0.5, 0.6) is 0 Å². The van der Waals surface area contributed by atoms with E-state index < -0.39 is 0 Å². The molecule has 0 bridgehead atoms. The van der Waals surface area contributed by atoms with Gasteiger partial charge >= 0.3 is 0 Å². The van der Waals surface area contributed by atoms with Crippen LogP contribution in [-0.4, -0.2) is 6.54 Å². The quantitative estimate of drug-likeness (QED) is 0.638. The van der Waals surface area contributed by atoms with E-state index in [1.165, 1.54) is 6.42 Å². The Kier molecular flexibility index (Phi) is 2.35. The van der Waals surface area contributed by atoms with Gasteiger partial charge in [-0.1, -0.05) is 20.8 Å². The number of hydrogen-bond acceptors (Lipinski definition) is 1. The monoisotopic (exact) mass is 141 g/mol. The van der Waals surface area contributed by atoms with Gasteiger partial charge in [-0.25, -0.2) is 0 Å². The molecule has 10 heavy (non-hydrogen) atoms. The van der Waals surface area contributed by atoms with Crippen molar-refractivity contribution >= 4 is 0 Å². The van der Waals surface area contributed by atoms with Crippen LogP contribution in [0.15, 0.2) is 0 Å². The van der Waals surface area contributed by atoms with Crippen molar-refractivity contribution in [3.8, 4) is 0 Å².